The summed E-state index contributed by atoms with van der Waals surface area (Å²) >= 11 is 0. The first kappa shape index (κ1) is 38.3. The van der Waals surface area contributed by atoms with Crippen LogP contribution in [0.3, 0.4) is 0 Å². The van der Waals surface area contributed by atoms with E-state index in [0.29, 0.717) is 6.42 Å². The zero-order chi connectivity index (χ0) is 33.3. The zero-order valence-electron chi connectivity index (χ0n) is 25.7. The van der Waals surface area contributed by atoms with Gasteiger partial charge in [0.2, 0.25) is 0 Å². The monoisotopic (exact) mass is 655 g/mol. The lowest BCUT2D eigenvalue weighted by molar-refractivity contribution is -0.348. The number of carbonyl (C=O) groups excluding carboxylic acids is 1. The molecule has 0 aromatic heterocycles. The van der Waals surface area contributed by atoms with Crippen LogP contribution in [0.5, 0.6) is 0 Å². The van der Waals surface area contributed by atoms with Gasteiger partial charge in [0, 0.05) is 6.42 Å². The van der Waals surface area contributed by atoms with E-state index in [1.165, 1.54) is 6.42 Å². The molecule has 0 amide bonds. The van der Waals surface area contributed by atoms with E-state index in [1.807, 2.05) is 0 Å². The van der Waals surface area contributed by atoms with E-state index in [1.54, 1.807) is 0 Å². The molecule has 0 bridgehead atoms. The van der Waals surface area contributed by atoms with Crippen LogP contribution in [0.2, 0.25) is 0 Å². The zero-order valence-corrected chi connectivity index (χ0v) is 25.7. The topological polar surface area (TPSA) is 292 Å². The van der Waals surface area contributed by atoms with E-state index < -0.39 is 118 Å². The lowest BCUT2D eigenvalue weighted by Crippen LogP contribution is -2.69. The summed E-state index contributed by atoms with van der Waals surface area (Å²) in [5.74, 6) is -0.587. The van der Waals surface area contributed by atoms with Gasteiger partial charge in [-0.15, -0.1) is 0 Å². The van der Waals surface area contributed by atoms with Crippen molar-refractivity contribution >= 4 is 5.97 Å². The van der Waals surface area contributed by atoms with Crippen LogP contribution in [0.4, 0.5) is 0 Å². The summed E-state index contributed by atoms with van der Waals surface area (Å²) in [6.07, 6.45) is -9.84. The van der Waals surface area contributed by atoms with Crippen molar-refractivity contribution in [2.24, 2.45) is 17.2 Å². The van der Waals surface area contributed by atoms with Gasteiger partial charge in [0.05, 0.1) is 37.9 Å². The Kier molecular flexibility index (Phi) is 15.7. The number of unbranched alkanes of at least 4 members (excludes halogenated alkanes) is 6. The maximum Gasteiger partial charge on any atom is 0.306 e. The SMILES string of the molecule is CCCCCCCCCC(=O)O[C@H]1C(O[C@@H]2O[C@H](CO)C(O[C@@H]3O[C@H](CO)[C@@H](O)[C@H](O)[C@H]3N)[C@H](O)[C@H]2N)[C@@H](CO)O[C@@H](O)[C@@H]1N. The van der Waals surface area contributed by atoms with Gasteiger partial charge in [-0.05, 0) is 6.42 Å². The molecule has 0 aromatic rings. The lowest BCUT2D eigenvalue weighted by atomic mass is 9.94. The van der Waals surface area contributed by atoms with E-state index in [0.717, 1.165) is 32.1 Å². The van der Waals surface area contributed by atoms with Crippen molar-refractivity contribution in [2.45, 2.75) is 150 Å². The molecular formula is C28H53N3O14. The Labute approximate surface area is 262 Å². The minimum atomic E-state index is -1.59. The number of rotatable bonds is 16. The molecular weight excluding hydrogens is 602 g/mol. The Morgan fingerprint density at radius 2 is 1.13 bits per heavy atom. The summed E-state index contributed by atoms with van der Waals surface area (Å²) in [6, 6.07) is -3.93. The minimum absolute atomic E-state index is 0.0997. The number of aliphatic hydroxyl groups is 7. The van der Waals surface area contributed by atoms with Gasteiger partial charge in [0.1, 0.15) is 48.8 Å². The van der Waals surface area contributed by atoms with Crippen LogP contribution in [0.25, 0.3) is 0 Å². The number of ether oxygens (including phenoxy) is 6. The molecule has 0 radical (unpaired) electrons. The van der Waals surface area contributed by atoms with Crippen LogP contribution in [0.15, 0.2) is 0 Å². The van der Waals surface area contributed by atoms with Gasteiger partial charge >= 0.3 is 5.97 Å². The number of hydrogen-bond acceptors (Lipinski definition) is 17. The Bertz CT molecular complexity index is 874. The second-order valence-corrected chi connectivity index (χ2v) is 11.9. The van der Waals surface area contributed by atoms with Crippen LogP contribution < -0.4 is 17.2 Å². The number of esters is 1. The molecule has 0 aromatic carbocycles. The molecule has 15 atom stereocenters. The molecule has 3 aliphatic heterocycles. The first-order valence-corrected chi connectivity index (χ1v) is 15.8. The van der Waals surface area contributed by atoms with E-state index in [-0.39, 0.29) is 6.42 Å². The quantitative estimate of drug-likeness (QED) is 0.0560. The maximum absolute atomic E-state index is 12.8. The van der Waals surface area contributed by atoms with Crippen LogP contribution >= 0.6 is 0 Å². The molecule has 3 fully saturated rings. The highest BCUT2D eigenvalue weighted by atomic mass is 16.7. The molecule has 0 aliphatic carbocycles. The third-order valence-electron chi connectivity index (χ3n) is 8.56. The summed E-state index contributed by atoms with van der Waals surface area (Å²) in [4.78, 5) is 12.8. The number of carbonyl (C=O) groups is 1. The number of aliphatic hydroxyl groups excluding tert-OH is 7. The number of hydrogen-bond donors (Lipinski definition) is 10. The molecule has 2 unspecified atom stereocenters. The van der Waals surface area contributed by atoms with E-state index in [9.17, 15) is 40.5 Å². The van der Waals surface area contributed by atoms with Gasteiger partial charge in [-0.2, -0.15) is 0 Å². The minimum Gasteiger partial charge on any atom is -0.458 e. The van der Waals surface area contributed by atoms with Gasteiger partial charge in [0.25, 0.3) is 0 Å². The Morgan fingerprint density at radius 3 is 1.73 bits per heavy atom. The van der Waals surface area contributed by atoms with Crippen molar-refractivity contribution in [3.8, 4) is 0 Å². The van der Waals surface area contributed by atoms with Crippen molar-refractivity contribution in [3.63, 3.8) is 0 Å². The molecule has 17 heteroatoms. The van der Waals surface area contributed by atoms with E-state index in [4.69, 9.17) is 45.6 Å². The molecule has 45 heavy (non-hydrogen) atoms. The normalized spacial score (nSPS) is 42.4. The van der Waals surface area contributed by atoms with Crippen molar-refractivity contribution in [1.82, 2.24) is 0 Å². The summed E-state index contributed by atoms with van der Waals surface area (Å²) in [6.45, 7) is 0.0862. The van der Waals surface area contributed by atoms with Crippen molar-refractivity contribution in [3.05, 3.63) is 0 Å². The van der Waals surface area contributed by atoms with Gasteiger partial charge in [-0.25, -0.2) is 0 Å². The summed E-state index contributed by atoms with van der Waals surface area (Å²) in [7, 11) is 0. The van der Waals surface area contributed by atoms with Gasteiger partial charge < -0.3 is 81.4 Å². The number of nitrogens with two attached hydrogens (primary N) is 3. The Balaban J connectivity index is 1.67. The Hall–Kier alpha value is -1.13. The van der Waals surface area contributed by atoms with E-state index >= 15 is 0 Å². The predicted molar refractivity (Wildman–Crippen MR) is 154 cm³/mol. The highest BCUT2D eigenvalue weighted by molar-refractivity contribution is 5.69. The average Bonchev–Trinajstić information content (AvgIpc) is 3.03. The van der Waals surface area contributed by atoms with Gasteiger partial charge in [-0.1, -0.05) is 45.4 Å². The van der Waals surface area contributed by atoms with Crippen LogP contribution in [0, 0.1) is 0 Å². The molecule has 3 saturated heterocycles. The fourth-order valence-electron chi connectivity index (χ4n) is 5.75. The molecule has 0 saturated carbocycles. The highest BCUT2D eigenvalue weighted by Crippen LogP contribution is 2.32. The van der Waals surface area contributed by atoms with Crippen molar-refractivity contribution < 1.29 is 69.0 Å². The smallest absolute Gasteiger partial charge is 0.306 e. The summed E-state index contributed by atoms with van der Waals surface area (Å²) in [5.41, 5.74) is 18.3. The maximum atomic E-state index is 12.8. The third kappa shape index (κ3) is 9.71. The predicted octanol–water partition coefficient (Wildman–Crippen LogP) is -3.98. The van der Waals surface area contributed by atoms with Crippen molar-refractivity contribution in [1.29, 1.82) is 0 Å². The summed E-state index contributed by atoms with van der Waals surface area (Å²) < 4.78 is 34.0. The largest absolute Gasteiger partial charge is 0.458 e. The van der Waals surface area contributed by atoms with Gasteiger partial charge in [0.15, 0.2) is 25.0 Å². The van der Waals surface area contributed by atoms with Crippen LogP contribution in [-0.4, -0.2) is 153 Å². The van der Waals surface area contributed by atoms with Crippen LogP contribution in [-0.2, 0) is 33.2 Å². The lowest BCUT2D eigenvalue weighted by Gasteiger charge is -2.48. The van der Waals surface area contributed by atoms with Crippen LogP contribution in [0.1, 0.15) is 58.3 Å². The fourth-order valence-corrected chi connectivity index (χ4v) is 5.75. The molecule has 13 N–H and O–H groups in total. The molecule has 3 aliphatic rings. The summed E-state index contributed by atoms with van der Waals surface area (Å²) in [5, 5.41) is 71.3. The Morgan fingerprint density at radius 1 is 0.622 bits per heavy atom. The fraction of sp³-hybridized carbons (Fsp3) is 0.964. The molecule has 3 rings (SSSR count). The third-order valence-corrected chi connectivity index (χ3v) is 8.56. The first-order valence-electron chi connectivity index (χ1n) is 15.8. The van der Waals surface area contributed by atoms with Crippen molar-refractivity contribution in [2.75, 3.05) is 19.8 Å². The second kappa shape index (κ2) is 18.4. The van der Waals surface area contributed by atoms with E-state index in [2.05, 4.69) is 6.92 Å². The first-order chi connectivity index (χ1) is 21.5. The molecule has 264 valence electrons. The molecule has 3 heterocycles. The van der Waals surface area contributed by atoms with Gasteiger partial charge in [-0.3, -0.25) is 4.79 Å². The second-order valence-electron chi connectivity index (χ2n) is 11.9. The average molecular weight is 656 g/mol. The molecule has 17 nitrogen and oxygen atoms in total. The molecule has 0 spiro atoms. The standard InChI is InChI=1S/C28H53N3O14/c1-2-3-4-5-6-7-8-9-16(35)43-25-19(31)26(39)40-15(12-34)24(25)45-28-18(30)22(38)23(14(11-33)42-28)44-27-17(29)21(37)20(36)13(10-32)41-27/h13-15,17-28,32-34,36-39H,2-12,29-31H2,1H3/t13-,14-,15-,17-,18-,19-,20-,21-,22-,23?,24?,25-,26-,27+,28+/m1/s1. The highest BCUT2D eigenvalue weighted by Gasteiger charge is 2.53.